The number of hydrogen-bond donors (Lipinski definition) is 2. The van der Waals surface area contributed by atoms with Gasteiger partial charge in [0, 0.05) is 12.6 Å². The molecule has 1 rings (SSSR count). The van der Waals surface area contributed by atoms with E-state index in [0.29, 0.717) is 12.8 Å². The highest BCUT2D eigenvalue weighted by atomic mass is 16.5. The number of nitrogens with one attached hydrogen (secondary N) is 1. The fraction of sp³-hybridized carbons (Fsp3) is 0.818. The SMILES string of the molecule is CC(CN(C)C)NC(=O)C1CCC(C(=O)O)O1. The van der Waals surface area contributed by atoms with Crippen LogP contribution in [0.2, 0.25) is 0 Å². The average Bonchev–Trinajstić information content (AvgIpc) is 2.64. The van der Waals surface area contributed by atoms with Crippen LogP contribution >= 0.6 is 0 Å². The van der Waals surface area contributed by atoms with Crippen LogP contribution in [-0.2, 0) is 14.3 Å². The molecule has 1 aliphatic heterocycles. The fourth-order valence-electron chi connectivity index (χ4n) is 1.94. The molecule has 1 aliphatic rings. The molecule has 0 aromatic carbocycles. The first-order chi connectivity index (χ1) is 7.90. The molecule has 3 unspecified atom stereocenters. The summed E-state index contributed by atoms with van der Waals surface area (Å²) in [7, 11) is 3.85. The molecule has 2 N–H and O–H groups in total. The maximum Gasteiger partial charge on any atom is 0.332 e. The normalized spacial score (nSPS) is 25.9. The van der Waals surface area contributed by atoms with E-state index < -0.39 is 18.2 Å². The number of ether oxygens (including phenoxy) is 1. The second kappa shape index (κ2) is 5.97. The van der Waals surface area contributed by atoms with Gasteiger partial charge in [-0.15, -0.1) is 0 Å². The summed E-state index contributed by atoms with van der Waals surface area (Å²) in [6.45, 7) is 2.64. The Labute approximate surface area is 101 Å². The molecule has 0 bridgehead atoms. The van der Waals surface area contributed by atoms with Gasteiger partial charge in [0.1, 0.15) is 6.10 Å². The molecule has 0 saturated carbocycles. The third kappa shape index (κ3) is 4.32. The molecule has 98 valence electrons. The van der Waals surface area contributed by atoms with E-state index in [-0.39, 0.29) is 11.9 Å². The first-order valence-corrected chi connectivity index (χ1v) is 5.73. The molecule has 3 atom stereocenters. The van der Waals surface area contributed by atoms with Crippen molar-refractivity contribution in [3.05, 3.63) is 0 Å². The number of nitrogens with zero attached hydrogens (tertiary/aromatic N) is 1. The average molecular weight is 244 g/mol. The van der Waals surface area contributed by atoms with Crippen LogP contribution in [0, 0.1) is 0 Å². The summed E-state index contributed by atoms with van der Waals surface area (Å²) < 4.78 is 5.17. The number of carbonyl (C=O) groups excluding carboxylic acids is 1. The van der Waals surface area contributed by atoms with Gasteiger partial charge in [0.2, 0.25) is 5.91 Å². The quantitative estimate of drug-likeness (QED) is 0.693. The predicted molar refractivity (Wildman–Crippen MR) is 61.7 cm³/mol. The van der Waals surface area contributed by atoms with E-state index in [9.17, 15) is 9.59 Å². The number of aliphatic carboxylic acids is 1. The molecular formula is C11H20N2O4. The topological polar surface area (TPSA) is 78.9 Å². The second-order valence-electron chi connectivity index (χ2n) is 4.70. The van der Waals surface area contributed by atoms with Crippen molar-refractivity contribution in [2.45, 2.75) is 38.0 Å². The minimum atomic E-state index is -0.998. The number of hydrogen-bond acceptors (Lipinski definition) is 4. The Morgan fingerprint density at radius 3 is 2.47 bits per heavy atom. The number of carboxylic acid groups (broad SMARTS) is 1. The zero-order chi connectivity index (χ0) is 13.0. The van der Waals surface area contributed by atoms with Gasteiger partial charge in [-0.2, -0.15) is 0 Å². The van der Waals surface area contributed by atoms with Crippen molar-refractivity contribution in [1.82, 2.24) is 10.2 Å². The van der Waals surface area contributed by atoms with Gasteiger partial charge < -0.3 is 20.1 Å². The van der Waals surface area contributed by atoms with E-state index in [1.54, 1.807) is 0 Å². The molecule has 0 aromatic heterocycles. The lowest BCUT2D eigenvalue weighted by molar-refractivity contribution is -0.151. The van der Waals surface area contributed by atoms with Crippen molar-refractivity contribution < 1.29 is 19.4 Å². The molecule has 1 heterocycles. The predicted octanol–water partition coefficient (Wildman–Crippen LogP) is -0.315. The largest absolute Gasteiger partial charge is 0.479 e. The van der Waals surface area contributed by atoms with Gasteiger partial charge in [-0.25, -0.2) is 4.79 Å². The van der Waals surface area contributed by atoms with Crippen LogP contribution in [-0.4, -0.2) is 60.8 Å². The van der Waals surface area contributed by atoms with Gasteiger partial charge in [0.15, 0.2) is 6.10 Å². The summed E-state index contributed by atoms with van der Waals surface area (Å²) in [4.78, 5) is 24.4. The minimum Gasteiger partial charge on any atom is -0.479 e. The molecule has 6 heteroatoms. The third-order valence-corrected chi connectivity index (χ3v) is 2.62. The molecule has 0 spiro atoms. The van der Waals surface area contributed by atoms with Crippen molar-refractivity contribution in [1.29, 1.82) is 0 Å². The summed E-state index contributed by atoms with van der Waals surface area (Å²) in [6, 6.07) is 0.0185. The van der Waals surface area contributed by atoms with Crippen molar-refractivity contribution in [2.75, 3.05) is 20.6 Å². The van der Waals surface area contributed by atoms with Gasteiger partial charge >= 0.3 is 5.97 Å². The smallest absolute Gasteiger partial charge is 0.332 e. The summed E-state index contributed by atoms with van der Waals surface area (Å²) in [6.07, 6.45) is -0.594. The Morgan fingerprint density at radius 2 is 2.00 bits per heavy atom. The maximum absolute atomic E-state index is 11.8. The van der Waals surface area contributed by atoms with Crippen LogP contribution in [0.15, 0.2) is 0 Å². The van der Waals surface area contributed by atoms with Gasteiger partial charge in [0.25, 0.3) is 0 Å². The standard InChI is InChI=1S/C11H20N2O4/c1-7(6-13(2)3)12-10(14)8-4-5-9(17-8)11(15)16/h7-9H,4-6H2,1-3H3,(H,12,14)(H,15,16). The van der Waals surface area contributed by atoms with Crippen LogP contribution < -0.4 is 5.32 Å². The highest BCUT2D eigenvalue weighted by molar-refractivity contribution is 5.82. The van der Waals surface area contributed by atoms with E-state index in [0.717, 1.165) is 6.54 Å². The number of likely N-dealkylation sites (N-methyl/N-ethyl adjacent to an activating group) is 1. The van der Waals surface area contributed by atoms with Gasteiger partial charge in [0.05, 0.1) is 0 Å². The van der Waals surface area contributed by atoms with Gasteiger partial charge in [-0.05, 0) is 33.9 Å². The van der Waals surface area contributed by atoms with Gasteiger partial charge in [-0.1, -0.05) is 0 Å². The molecule has 0 radical (unpaired) electrons. The molecule has 0 aliphatic carbocycles. The van der Waals surface area contributed by atoms with E-state index in [1.807, 2.05) is 25.9 Å². The Hall–Kier alpha value is -1.14. The van der Waals surface area contributed by atoms with Crippen LogP contribution in [0.25, 0.3) is 0 Å². The zero-order valence-corrected chi connectivity index (χ0v) is 10.5. The number of carbonyl (C=O) groups is 2. The number of rotatable bonds is 5. The molecular weight excluding hydrogens is 224 g/mol. The lowest BCUT2D eigenvalue weighted by atomic mass is 10.2. The maximum atomic E-state index is 11.8. The Morgan fingerprint density at radius 1 is 1.41 bits per heavy atom. The van der Waals surface area contributed by atoms with Crippen molar-refractivity contribution in [3.8, 4) is 0 Å². The summed E-state index contributed by atoms with van der Waals surface area (Å²) in [5, 5.41) is 11.6. The van der Waals surface area contributed by atoms with E-state index >= 15 is 0 Å². The highest BCUT2D eigenvalue weighted by Gasteiger charge is 2.34. The zero-order valence-electron chi connectivity index (χ0n) is 10.5. The van der Waals surface area contributed by atoms with Gasteiger partial charge in [-0.3, -0.25) is 4.79 Å². The lowest BCUT2D eigenvalue weighted by Gasteiger charge is -2.20. The number of amides is 1. The minimum absolute atomic E-state index is 0.0185. The van der Waals surface area contributed by atoms with Crippen LogP contribution in [0.3, 0.4) is 0 Å². The monoisotopic (exact) mass is 244 g/mol. The summed E-state index contributed by atoms with van der Waals surface area (Å²) in [5.41, 5.74) is 0. The lowest BCUT2D eigenvalue weighted by Crippen LogP contribution is -2.44. The van der Waals surface area contributed by atoms with E-state index in [2.05, 4.69) is 5.32 Å². The molecule has 1 amide bonds. The molecule has 17 heavy (non-hydrogen) atoms. The van der Waals surface area contributed by atoms with Crippen LogP contribution in [0.1, 0.15) is 19.8 Å². The Bertz CT molecular complexity index is 293. The van der Waals surface area contributed by atoms with Crippen molar-refractivity contribution >= 4 is 11.9 Å². The molecule has 1 fully saturated rings. The summed E-state index contributed by atoms with van der Waals surface area (Å²) >= 11 is 0. The van der Waals surface area contributed by atoms with Crippen LogP contribution in [0.4, 0.5) is 0 Å². The van der Waals surface area contributed by atoms with Crippen molar-refractivity contribution in [2.24, 2.45) is 0 Å². The first-order valence-electron chi connectivity index (χ1n) is 5.73. The number of carboxylic acids is 1. The van der Waals surface area contributed by atoms with E-state index in [4.69, 9.17) is 9.84 Å². The molecule has 6 nitrogen and oxygen atoms in total. The second-order valence-corrected chi connectivity index (χ2v) is 4.70. The van der Waals surface area contributed by atoms with E-state index in [1.165, 1.54) is 0 Å². The fourth-order valence-corrected chi connectivity index (χ4v) is 1.94. The Balaban J connectivity index is 2.37. The Kier molecular flexibility index (Phi) is 4.89. The molecule has 1 saturated heterocycles. The first kappa shape index (κ1) is 13.9. The van der Waals surface area contributed by atoms with Crippen LogP contribution in [0.5, 0.6) is 0 Å². The van der Waals surface area contributed by atoms with Crippen molar-refractivity contribution in [3.63, 3.8) is 0 Å². The summed E-state index contributed by atoms with van der Waals surface area (Å²) in [5.74, 6) is -1.22. The third-order valence-electron chi connectivity index (χ3n) is 2.62. The highest BCUT2D eigenvalue weighted by Crippen LogP contribution is 2.19. The molecule has 0 aromatic rings.